The Morgan fingerprint density at radius 1 is 1.15 bits per heavy atom. The van der Waals surface area contributed by atoms with Gasteiger partial charge in [-0.2, -0.15) is 4.31 Å². The van der Waals surface area contributed by atoms with E-state index < -0.39 is 16.1 Å². The number of sulfonamides is 1. The van der Waals surface area contributed by atoms with Crippen molar-refractivity contribution in [2.24, 2.45) is 0 Å². The van der Waals surface area contributed by atoms with Crippen LogP contribution in [0.4, 0.5) is 5.69 Å². The number of piperidine rings is 1. The topological polar surface area (TPSA) is 70.1 Å². The summed E-state index contributed by atoms with van der Waals surface area (Å²) in [5.41, 5.74) is 3.00. The van der Waals surface area contributed by atoms with Crippen molar-refractivity contribution in [1.82, 2.24) is 4.31 Å². The van der Waals surface area contributed by atoms with E-state index in [0.29, 0.717) is 36.8 Å². The molecule has 2 atom stereocenters. The predicted octanol–water partition coefficient (Wildman–Crippen LogP) is 3.94. The molecule has 0 amide bonds. The van der Waals surface area contributed by atoms with Crippen molar-refractivity contribution < 1.29 is 18.3 Å². The van der Waals surface area contributed by atoms with E-state index in [4.69, 9.17) is 16.3 Å². The van der Waals surface area contributed by atoms with Crippen molar-refractivity contribution in [3.05, 3.63) is 58.6 Å². The Labute approximate surface area is 201 Å². The number of ether oxygens (including phenoxy) is 1. The SMILES string of the molecule is C[C@@H]1CC[C@H](CO)N1S(=O)(=O)c1cc(Cl)ccc1N1CCC2(CC1)OCCc1ccccc12. The van der Waals surface area contributed by atoms with Gasteiger partial charge in [0.1, 0.15) is 4.90 Å². The Balaban J connectivity index is 1.46. The molecule has 2 fully saturated rings. The van der Waals surface area contributed by atoms with Gasteiger partial charge >= 0.3 is 0 Å². The lowest BCUT2D eigenvalue weighted by atomic mass is 9.79. The van der Waals surface area contributed by atoms with Gasteiger partial charge in [0, 0.05) is 30.2 Å². The summed E-state index contributed by atoms with van der Waals surface area (Å²) in [6, 6.07) is 13.1. The summed E-state index contributed by atoms with van der Waals surface area (Å²) in [5, 5.41) is 10.2. The summed E-state index contributed by atoms with van der Waals surface area (Å²) < 4.78 is 35.4. The van der Waals surface area contributed by atoms with Gasteiger partial charge in [0.05, 0.1) is 24.5 Å². The smallest absolute Gasteiger partial charge is 0.245 e. The first-order valence-corrected chi connectivity index (χ1v) is 13.6. The molecule has 33 heavy (non-hydrogen) atoms. The second kappa shape index (κ2) is 8.86. The summed E-state index contributed by atoms with van der Waals surface area (Å²) in [6.45, 7) is 3.82. The first-order chi connectivity index (χ1) is 15.9. The van der Waals surface area contributed by atoms with E-state index in [1.807, 2.05) is 13.0 Å². The Bertz CT molecular complexity index is 1130. The number of hydrogen-bond donors (Lipinski definition) is 1. The van der Waals surface area contributed by atoms with Crippen LogP contribution >= 0.6 is 11.6 Å². The minimum absolute atomic E-state index is 0.157. The van der Waals surface area contributed by atoms with E-state index in [0.717, 1.165) is 25.7 Å². The maximum Gasteiger partial charge on any atom is 0.245 e. The maximum atomic E-state index is 13.8. The molecule has 0 aromatic heterocycles. The minimum Gasteiger partial charge on any atom is -0.395 e. The fraction of sp³-hybridized carbons (Fsp3) is 0.520. The fourth-order valence-corrected chi connectivity index (χ4v) is 8.21. The molecule has 0 bridgehead atoms. The van der Waals surface area contributed by atoms with Gasteiger partial charge < -0.3 is 14.7 Å². The largest absolute Gasteiger partial charge is 0.395 e. The monoisotopic (exact) mass is 490 g/mol. The molecule has 0 aliphatic carbocycles. The molecule has 0 radical (unpaired) electrons. The third-order valence-corrected chi connectivity index (χ3v) is 9.90. The Morgan fingerprint density at radius 3 is 2.67 bits per heavy atom. The van der Waals surface area contributed by atoms with Gasteiger partial charge in [0.15, 0.2) is 0 Å². The van der Waals surface area contributed by atoms with Gasteiger partial charge in [0.25, 0.3) is 0 Å². The highest BCUT2D eigenvalue weighted by Crippen LogP contribution is 2.44. The third kappa shape index (κ3) is 3.98. The Hall–Kier alpha value is -1.64. The second-order valence-electron chi connectivity index (χ2n) is 9.45. The first-order valence-electron chi connectivity index (χ1n) is 11.8. The van der Waals surface area contributed by atoms with Crippen molar-refractivity contribution in [3.63, 3.8) is 0 Å². The van der Waals surface area contributed by atoms with Gasteiger partial charge in [-0.25, -0.2) is 8.42 Å². The van der Waals surface area contributed by atoms with Crippen LogP contribution in [0.1, 0.15) is 43.7 Å². The first kappa shape index (κ1) is 23.1. The van der Waals surface area contributed by atoms with Gasteiger partial charge in [-0.05, 0) is 68.4 Å². The number of nitrogens with zero attached hydrogens (tertiary/aromatic N) is 2. The standard InChI is InChI=1S/C25H31ClN2O4S/c1-18-6-8-21(17-29)28(18)33(30,31)24-16-20(26)7-9-23(24)27-13-11-25(12-14-27)22-5-3-2-4-19(22)10-15-32-25/h2-5,7,9,16,18,21,29H,6,8,10-15,17H2,1H3/t18-,21-/m1/s1. The summed E-state index contributed by atoms with van der Waals surface area (Å²) in [4.78, 5) is 2.37. The van der Waals surface area contributed by atoms with Crippen LogP contribution in [0, 0.1) is 0 Å². The molecule has 2 saturated heterocycles. The van der Waals surface area contributed by atoms with E-state index in [2.05, 4.69) is 29.2 Å². The summed E-state index contributed by atoms with van der Waals surface area (Å²) >= 11 is 6.28. The number of anilines is 1. The van der Waals surface area contributed by atoms with Gasteiger partial charge in [-0.1, -0.05) is 35.9 Å². The average Bonchev–Trinajstić information content (AvgIpc) is 3.21. The lowest BCUT2D eigenvalue weighted by Gasteiger charge is -2.46. The zero-order valence-corrected chi connectivity index (χ0v) is 20.5. The molecule has 0 unspecified atom stereocenters. The van der Waals surface area contributed by atoms with Crippen LogP contribution in [-0.4, -0.2) is 56.2 Å². The summed E-state index contributed by atoms with van der Waals surface area (Å²) in [6.07, 6.45) is 3.93. The molecule has 178 valence electrons. The maximum absolute atomic E-state index is 13.8. The Morgan fingerprint density at radius 2 is 1.91 bits per heavy atom. The van der Waals surface area contributed by atoms with E-state index in [-0.39, 0.29) is 23.1 Å². The fourth-order valence-electron chi connectivity index (χ4n) is 5.86. The quantitative estimate of drug-likeness (QED) is 0.703. The van der Waals surface area contributed by atoms with Crippen molar-refractivity contribution in [1.29, 1.82) is 0 Å². The second-order valence-corrected chi connectivity index (χ2v) is 11.7. The zero-order chi connectivity index (χ0) is 23.2. The molecule has 3 heterocycles. The van der Waals surface area contributed by atoms with Crippen LogP contribution in [0.5, 0.6) is 0 Å². The number of halogens is 1. The van der Waals surface area contributed by atoms with Crippen LogP contribution in [0.2, 0.25) is 5.02 Å². The number of fused-ring (bicyclic) bond motifs is 2. The van der Waals surface area contributed by atoms with E-state index in [1.165, 1.54) is 15.4 Å². The van der Waals surface area contributed by atoms with Crippen molar-refractivity contribution in [2.45, 2.75) is 61.6 Å². The molecule has 6 nitrogen and oxygen atoms in total. The number of aliphatic hydroxyl groups excluding tert-OH is 1. The summed E-state index contributed by atoms with van der Waals surface area (Å²) in [7, 11) is -3.82. The van der Waals surface area contributed by atoms with E-state index in [1.54, 1.807) is 12.1 Å². The highest BCUT2D eigenvalue weighted by atomic mass is 35.5. The van der Waals surface area contributed by atoms with Gasteiger partial charge in [-0.15, -0.1) is 0 Å². The average molecular weight is 491 g/mol. The molecule has 8 heteroatoms. The van der Waals surface area contributed by atoms with E-state index >= 15 is 0 Å². The molecule has 3 aliphatic heterocycles. The predicted molar refractivity (Wildman–Crippen MR) is 129 cm³/mol. The molecule has 2 aromatic rings. The highest BCUT2D eigenvalue weighted by Gasteiger charge is 2.44. The molecule has 1 N–H and O–H groups in total. The summed E-state index contributed by atoms with van der Waals surface area (Å²) in [5.74, 6) is 0. The molecule has 0 saturated carbocycles. The number of hydrogen-bond acceptors (Lipinski definition) is 5. The minimum atomic E-state index is -3.82. The van der Waals surface area contributed by atoms with Crippen LogP contribution in [0.3, 0.4) is 0 Å². The highest BCUT2D eigenvalue weighted by molar-refractivity contribution is 7.89. The lowest BCUT2D eigenvalue weighted by Crippen LogP contribution is -2.47. The number of aliphatic hydroxyl groups is 1. The molecule has 3 aliphatic rings. The number of rotatable bonds is 4. The molecule has 1 spiro atoms. The zero-order valence-electron chi connectivity index (χ0n) is 18.9. The van der Waals surface area contributed by atoms with Crippen LogP contribution in [0.15, 0.2) is 47.4 Å². The van der Waals surface area contributed by atoms with Crippen LogP contribution in [0.25, 0.3) is 0 Å². The third-order valence-electron chi connectivity index (χ3n) is 7.57. The Kier molecular flexibility index (Phi) is 6.20. The van der Waals surface area contributed by atoms with Crippen molar-refractivity contribution >= 4 is 27.3 Å². The van der Waals surface area contributed by atoms with Crippen LogP contribution < -0.4 is 4.90 Å². The lowest BCUT2D eigenvalue weighted by molar-refractivity contribution is -0.0766. The van der Waals surface area contributed by atoms with E-state index in [9.17, 15) is 13.5 Å². The molecule has 2 aromatic carbocycles. The molecule has 5 rings (SSSR count). The van der Waals surface area contributed by atoms with Crippen molar-refractivity contribution in [2.75, 3.05) is 31.2 Å². The molecular formula is C25H31ClN2O4S. The van der Waals surface area contributed by atoms with Gasteiger partial charge in [-0.3, -0.25) is 0 Å². The van der Waals surface area contributed by atoms with Crippen LogP contribution in [-0.2, 0) is 26.8 Å². The van der Waals surface area contributed by atoms with Crippen molar-refractivity contribution in [3.8, 4) is 0 Å². The van der Waals surface area contributed by atoms with Gasteiger partial charge in [0.2, 0.25) is 10.0 Å². The normalized spacial score (nSPS) is 25.4. The number of benzene rings is 2. The molecular weight excluding hydrogens is 460 g/mol.